The Labute approximate surface area is 247 Å². The normalized spacial score (nSPS) is 19.1. The third-order valence-electron chi connectivity index (χ3n) is 8.47. The van der Waals surface area contributed by atoms with Crippen LogP contribution in [0.5, 0.6) is 11.5 Å². The Hall–Kier alpha value is -4.19. The Morgan fingerprint density at radius 3 is 2.51 bits per heavy atom. The van der Waals surface area contributed by atoms with Crippen LogP contribution in [0.2, 0.25) is 0 Å². The summed E-state index contributed by atoms with van der Waals surface area (Å²) < 4.78 is 44.6. The summed E-state index contributed by atoms with van der Waals surface area (Å²) in [5.74, 6) is -1.02. The van der Waals surface area contributed by atoms with Gasteiger partial charge in [0.1, 0.15) is 19.8 Å². The molecule has 43 heavy (non-hydrogen) atoms. The van der Waals surface area contributed by atoms with Crippen LogP contribution in [-0.4, -0.2) is 66.0 Å². The molecule has 6 rings (SSSR count). The van der Waals surface area contributed by atoms with E-state index in [1.54, 1.807) is 31.4 Å². The standard InChI is InChI=1S/C31H34FN3O8/c1-7-31(43-30(38)42-15(2)3)20-11-23-25-18(13-35(23)28(36)19(20)14-41-29(31)37)17(10-16(4)34(5)6)24-22(33-25)12-21(32)26-27(24)40-9-8-39-26/h11-12,15-16H,7-10,13-14H2,1-6H3/t16?,31-/m0/s1. The molecule has 0 N–H and O–H groups in total. The summed E-state index contributed by atoms with van der Waals surface area (Å²) >= 11 is 0. The lowest BCUT2D eigenvalue weighted by atomic mass is 9.85. The maximum Gasteiger partial charge on any atom is 0.510 e. The number of aromatic nitrogens is 2. The van der Waals surface area contributed by atoms with Crippen LogP contribution in [0, 0.1) is 5.82 Å². The minimum Gasteiger partial charge on any atom is -0.485 e. The van der Waals surface area contributed by atoms with Gasteiger partial charge in [0.05, 0.1) is 40.5 Å². The monoisotopic (exact) mass is 595 g/mol. The number of likely N-dealkylation sites (N-methyl/N-ethyl adjacent to an activating group) is 1. The summed E-state index contributed by atoms with van der Waals surface area (Å²) in [5.41, 5.74) is 1.11. The van der Waals surface area contributed by atoms with Crippen molar-refractivity contribution in [3.8, 4) is 22.9 Å². The van der Waals surface area contributed by atoms with Gasteiger partial charge in [0.15, 0.2) is 17.3 Å². The van der Waals surface area contributed by atoms with Gasteiger partial charge in [-0.15, -0.1) is 0 Å². The number of hydrogen-bond acceptors (Lipinski definition) is 10. The minimum atomic E-state index is -1.88. The average Bonchev–Trinajstić information content (AvgIpc) is 3.33. The molecule has 2 aromatic heterocycles. The molecular formula is C31H34FN3O8. The second-order valence-electron chi connectivity index (χ2n) is 11.6. The molecule has 3 aromatic rings. The number of rotatable bonds is 6. The van der Waals surface area contributed by atoms with E-state index in [9.17, 15) is 14.4 Å². The molecule has 228 valence electrons. The van der Waals surface area contributed by atoms with Gasteiger partial charge < -0.3 is 33.2 Å². The number of nitrogens with zero attached hydrogens (tertiary/aromatic N) is 3. The first kappa shape index (κ1) is 28.9. The number of benzene rings is 1. The molecule has 0 saturated heterocycles. The van der Waals surface area contributed by atoms with Gasteiger partial charge in [-0.05, 0) is 59.3 Å². The van der Waals surface area contributed by atoms with Crippen molar-refractivity contribution in [3.63, 3.8) is 0 Å². The molecule has 0 saturated carbocycles. The molecular weight excluding hydrogens is 561 g/mol. The Morgan fingerprint density at radius 1 is 1.12 bits per heavy atom. The van der Waals surface area contributed by atoms with Gasteiger partial charge in [-0.25, -0.2) is 19.0 Å². The lowest BCUT2D eigenvalue weighted by molar-refractivity contribution is -0.176. The van der Waals surface area contributed by atoms with Crippen molar-refractivity contribution in [2.45, 2.75) is 71.4 Å². The van der Waals surface area contributed by atoms with Gasteiger partial charge in [0.2, 0.25) is 5.60 Å². The van der Waals surface area contributed by atoms with Gasteiger partial charge >= 0.3 is 12.1 Å². The third-order valence-corrected chi connectivity index (χ3v) is 8.47. The molecule has 3 aliphatic rings. The fourth-order valence-corrected chi connectivity index (χ4v) is 6.03. The van der Waals surface area contributed by atoms with Gasteiger partial charge in [-0.2, -0.15) is 0 Å². The lowest BCUT2D eigenvalue weighted by Crippen LogP contribution is -2.47. The molecule has 0 spiro atoms. The van der Waals surface area contributed by atoms with Crippen LogP contribution < -0.4 is 15.0 Å². The highest BCUT2D eigenvalue weighted by Crippen LogP contribution is 2.47. The van der Waals surface area contributed by atoms with Crippen molar-refractivity contribution in [2.24, 2.45) is 0 Å². The zero-order valence-electron chi connectivity index (χ0n) is 25.0. The number of carbonyl (C=O) groups is 2. The highest BCUT2D eigenvalue weighted by molar-refractivity contribution is 5.95. The molecule has 11 nitrogen and oxygen atoms in total. The second kappa shape index (κ2) is 10.5. The number of cyclic esters (lactones) is 1. The number of pyridine rings is 2. The molecule has 12 heteroatoms. The number of ether oxygens (including phenoxy) is 5. The summed E-state index contributed by atoms with van der Waals surface area (Å²) in [6.45, 7) is 7.49. The number of carbonyl (C=O) groups excluding carboxylic acids is 2. The van der Waals surface area contributed by atoms with E-state index in [2.05, 4.69) is 11.8 Å². The smallest absolute Gasteiger partial charge is 0.485 e. The number of fused-ring (bicyclic) bond motifs is 7. The number of halogens is 1. The maximum absolute atomic E-state index is 15.2. The Kier molecular flexibility index (Phi) is 7.07. The van der Waals surface area contributed by atoms with Gasteiger partial charge in [-0.3, -0.25) is 4.79 Å². The third kappa shape index (κ3) is 4.50. The Balaban J connectivity index is 1.60. The van der Waals surface area contributed by atoms with Gasteiger partial charge in [0, 0.05) is 23.2 Å². The molecule has 5 heterocycles. The largest absolute Gasteiger partial charge is 0.510 e. The van der Waals surface area contributed by atoms with Crippen molar-refractivity contribution < 1.29 is 37.7 Å². The molecule has 0 radical (unpaired) electrons. The topological polar surface area (TPSA) is 118 Å². The SMILES string of the molecule is CC[C@@]1(OC(=O)OC(C)C)C(=O)OCc2c1cc1n(c2=O)Cc2c-1nc1cc(F)c3c(c1c2CC(C)N(C)C)OCCO3. The van der Waals surface area contributed by atoms with E-state index in [1.807, 2.05) is 14.1 Å². The predicted octanol–water partition coefficient (Wildman–Crippen LogP) is 4.05. The molecule has 3 aliphatic heterocycles. The van der Waals surface area contributed by atoms with Crippen LogP contribution in [-0.2, 0) is 44.2 Å². The Bertz CT molecular complexity index is 1730. The highest BCUT2D eigenvalue weighted by Gasteiger charge is 2.51. The summed E-state index contributed by atoms with van der Waals surface area (Å²) in [5, 5.41) is 0.648. The molecule has 0 aliphatic carbocycles. The zero-order valence-corrected chi connectivity index (χ0v) is 25.0. The van der Waals surface area contributed by atoms with Crippen LogP contribution in [0.3, 0.4) is 0 Å². The van der Waals surface area contributed by atoms with Crippen molar-refractivity contribution in [1.82, 2.24) is 14.5 Å². The van der Waals surface area contributed by atoms with E-state index in [4.69, 9.17) is 28.7 Å². The van der Waals surface area contributed by atoms with Crippen LogP contribution in [0.25, 0.3) is 22.3 Å². The first-order chi connectivity index (χ1) is 20.5. The minimum absolute atomic E-state index is 0.00716. The summed E-state index contributed by atoms with van der Waals surface area (Å²) in [6.07, 6.45) is -0.969. The van der Waals surface area contributed by atoms with Gasteiger partial charge in [-0.1, -0.05) is 6.92 Å². The Morgan fingerprint density at radius 2 is 1.84 bits per heavy atom. The van der Waals surface area contributed by atoms with Crippen molar-refractivity contribution >= 4 is 23.0 Å². The second-order valence-corrected chi connectivity index (χ2v) is 11.6. The van der Waals surface area contributed by atoms with E-state index in [-0.39, 0.29) is 61.3 Å². The number of esters is 1. The number of hydrogen-bond donors (Lipinski definition) is 0. The van der Waals surface area contributed by atoms with E-state index >= 15 is 4.39 Å². The van der Waals surface area contributed by atoms with Crippen LogP contribution in [0.1, 0.15) is 56.4 Å². The molecule has 1 aromatic carbocycles. The summed E-state index contributed by atoms with van der Waals surface area (Å²) in [7, 11) is 3.95. The van der Waals surface area contributed by atoms with Crippen molar-refractivity contribution in [2.75, 3.05) is 27.3 Å². The fourth-order valence-electron chi connectivity index (χ4n) is 6.03. The summed E-state index contributed by atoms with van der Waals surface area (Å²) in [6, 6.07) is 3.07. The van der Waals surface area contributed by atoms with Gasteiger partial charge in [0.25, 0.3) is 5.56 Å². The molecule has 0 fully saturated rings. The van der Waals surface area contributed by atoms with E-state index in [0.29, 0.717) is 34.5 Å². The maximum atomic E-state index is 15.2. The fraction of sp³-hybridized carbons (Fsp3) is 0.484. The van der Waals surface area contributed by atoms with Crippen LogP contribution in [0.4, 0.5) is 9.18 Å². The molecule has 1 unspecified atom stereocenters. The van der Waals surface area contributed by atoms with Crippen molar-refractivity contribution in [1.29, 1.82) is 0 Å². The molecule has 0 bridgehead atoms. The molecule has 0 amide bonds. The first-order valence-corrected chi connectivity index (χ1v) is 14.4. The predicted molar refractivity (Wildman–Crippen MR) is 153 cm³/mol. The van der Waals surface area contributed by atoms with Crippen LogP contribution in [0.15, 0.2) is 16.9 Å². The first-order valence-electron chi connectivity index (χ1n) is 14.4. The van der Waals surface area contributed by atoms with E-state index < -0.39 is 29.6 Å². The zero-order chi connectivity index (χ0) is 30.8. The highest BCUT2D eigenvalue weighted by atomic mass is 19.1. The van der Waals surface area contributed by atoms with E-state index in [1.165, 1.54) is 6.07 Å². The van der Waals surface area contributed by atoms with Crippen molar-refractivity contribution in [3.05, 3.63) is 50.6 Å². The average molecular weight is 596 g/mol. The lowest BCUT2D eigenvalue weighted by Gasteiger charge is -2.35. The molecule has 2 atom stereocenters. The van der Waals surface area contributed by atoms with Crippen LogP contribution >= 0.6 is 0 Å². The summed E-state index contributed by atoms with van der Waals surface area (Å²) in [4.78, 5) is 46.8. The van der Waals surface area contributed by atoms with E-state index in [0.717, 1.165) is 11.1 Å². The quantitative estimate of drug-likeness (QED) is 0.302.